The second-order valence-corrected chi connectivity index (χ2v) is 5.37. The van der Waals surface area contributed by atoms with Crippen LogP contribution in [0.3, 0.4) is 0 Å². The lowest BCUT2D eigenvalue weighted by atomic mass is 9.89. The third kappa shape index (κ3) is 6.57. The molecule has 0 aromatic heterocycles. The number of carbonyl (C=O) groups is 2. The van der Waals surface area contributed by atoms with Gasteiger partial charge in [0, 0.05) is 6.54 Å². The lowest BCUT2D eigenvalue weighted by Gasteiger charge is -2.22. The van der Waals surface area contributed by atoms with Gasteiger partial charge >= 0.3 is 5.97 Å². The van der Waals surface area contributed by atoms with Gasteiger partial charge in [0.15, 0.2) is 0 Å². The predicted molar refractivity (Wildman–Crippen MR) is 73.9 cm³/mol. The fourth-order valence-corrected chi connectivity index (χ4v) is 2.53. The summed E-state index contributed by atoms with van der Waals surface area (Å²) < 4.78 is 0. The highest BCUT2D eigenvalue weighted by Gasteiger charge is 2.18. The quantitative estimate of drug-likeness (QED) is 0.625. The first-order chi connectivity index (χ1) is 9.13. The topological polar surface area (TPSA) is 78.4 Å². The molecule has 0 heterocycles. The fraction of sp³-hybridized carbons (Fsp3) is 0.857. The van der Waals surface area contributed by atoms with Crippen molar-refractivity contribution in [3.05, 3.63) is 0 Å². The molecular weight excluding hydrogens is 244 g/mol. The fourth-order valence-electron chi connectivity index (χ4n) is 2.53. The summed E-state index contributed by atoms with van der Waals surface area (Å²) in [7, 11) is 0. The standard InChI is InChI=1S/C14H26N2O3/c1-2-6-12(14(18)19)15-10-13(17)16-9-11-7-4-3-5-8-11/h11-12,15H,2-10H2,1H3,(H,16,17)(H,18,19). The van der Waals surface area contributed by atoms with Gasteiger partial charge in [-0.2, -0.15) is 0 Å². The lowest BCUT2D eigenvalue weighted by Crippen LogP contribution is -2.44. The van der Waals surface area contributed by atoms with Crippen molar-refractivity contribution in [2.75, 3.05) is 13.1 Å². The maximum atomic E-state index is 11.7. The van der Waals surface area contributed by atoms with E-state index in [1.807, 2.05) is 6.92 Å². The molecule has 5 heteroatoms. The van der Waals surface area contributed by atoms with Crippen LogP contribution in [-0.2, 0) is 9.59 Å². The Morgan fingerprint density at radius 2 is 1.95 bits per heavy atom. The Kier molecular flexibility index (Phi) is 7.48. The molecule has 110 valence electrons. The van der Waals surface area contributed by atoms with E-state index in [1.165, 1.54) is 32.1 Å². The molecule has 0 spiro atoms. The summed E-state index contributed by atoms with van der Waals surface area (Å²) in [6.45, 7) is 2.75. The zero-order chi connectivity index (χ0) is 14.1. The molecule has 0 radical (unpaired) electrons. The van der Waals surface area contributed by atoms with Crippen LogP contribution in [0.15, 0.2) is 0 Å². The monoisotopic (exact) mass is 270 g/mol. The van der Waals surface area contributed by atoms with Gasteiger partial charge in [-0.25, -0.2) is 0 Å². The van der Waals surface area contributed by atoms with Gasteiger partial charge in [0.1, 0.15) is 6.04 Å². The van der Waals surface area contributed by atoms with Crippen LogP contribution in [0.1, 0.15) is 51.9 Å². The van der Waals surface area contributed by atoms with Crippen LogP contribution < -0.4 is 10.6 Å². The first-order valence-electron chi connectivity index (χ1n) is 7.36. The van der Waals surface area contributed by atoms with Crippen LogP contribution in [0.5, 0.6) is 0 Å². The summed E-state index contributed by atoms with van der Waals surface area (Å²) in [6.07, 6.45) is 7.55. The highest BCUT2D eigenvalue weighted by molar-refractivity contribution is 5.79. The summed E-state index contributed by atoms with van der Waals surface area (Å²) in [5.41, 5.74) is 0. The molecule has 0 bridgehead atoms. The first kappa shape index (κ1) is 16.0. The van der Waals surface area contributed by atoms with Crippen LogP contribution in [0.2, 0.25) is 0 Å². The molecule has 3 N–H and O–H groups in total. The van der Waals surface area contributed by atoms with Crippen LogP contribution in [0.25, 0.3) is 0 Å². The molecule has 0 aromatic rings. The Balaban J connectivity index is 2.17. The molecule has 5 nitrogen and oxygen atoms in total. The molecule has 1 atom stereocenters. The second-order valence-electron chi connectivity index (χ2n) is 5.37. The smallest absolute Gasteiger partial charge is 0.320 e. The highest BCUT2D eigenvalue weighted by Crippen LogP contribution is 2.22. The van der Waals surface area contributed by atoms with E-state index in [4.69, 9.17) is 5.11 Å². The van der Waals surface area contributed by atoms with Gasteiger partial charge in [0.2, 0.25) is 5.91 Å². The molecule has 1 aliphatic carbocycles. The van der Waals surface area contributed by atoms with E-state index in [9.17, 15) is 9.59 Å². The number of nitrogens with one attached hydrogen (secondary N) is 2. The first-order valence-corrected chi connectivity index (χ1v) is 7.36. The molecule has 1 saturated carbocycles. The third-order valence-corrected chi connectivity index (χ3v) is 3.70. The van der Waals surface area contributed by atoms with Crippen molar-refractivity contribution >= 4 is 11.9 Å². The average Bonchev–Trinajstić information content (AvgIpc) is 2.42. The van der Waals surface area contributed by atoms with E-state index < -0.39 is 12.0 Å². The van der Waals surface area contributed by atoms with Gasteiger partial charge in [0.05, 0.1) is 6.54 Å². The van der Waals surface area contributed by atoms with Crippen LogP contribution in [0.4, 0.5) is 0 Å². The Labute approximate surface area is 115 Å². The second kappa shape index (κ2) is 8.91. The molecule has 0 saturated heterocycles. The van der Waals surface area contributed by atoms with Gasteiger partial charge < -0.3 is 10.4 Å². The van der Waals surface area contributed by atoms with Crippen molar-refractivity contribution < 1.29 is 14.7 Å². The molecular formula is C14H26N2O3. The molecule has 1 aliphatic rings. The van der Waals surface area contributed by atoms with Gasteiger partial charge in [-0.1, -0.05) is 32.6 Å². The minimum absolute atomic E-state index is 0.0870. The van der Waals surface area contributed by atoms with Crippen LogP contribution >= 0.6 is 0 Å². The van der Waals surface area contributed by atoms with E-state index in [-0.39, 0.29) is 12.5 Å². The number of amides is 1. The Hall–Kier alpha value is -1.10. The summed E-state index contributed by atoms with van der Waals surface area (Å²) in [6, 6.07) is -0.620. The minimum atomic E-state index is -0.887. The average molecular weight is 270 g/mol. The maximum absolute atomic E-state index is 11.7. The van der Waals surface area contributed by atoms with Crippen molar-refractivity contribution in [3.8, 4) is 0 Å². The van der Waals surface area contributed by atoms with Gasteiger partial charge in [-0.3, -0.25) is 14.9 Å². The van der Waals surface area contributed by atoms with Gasteiger partial charge in [-0.15, -0.1) is 0 Å². The summed E-state index contributed by atoms with van der Waals surface area (Å²) in [5.74, 6) is -0.390. The SMILES string of the molecule is CCCC(NCC(=O)NCC1CCCCC1)C(=O)O. The van der Waals surface area contributed by atoms with E-state index in [2.05, 4.69) is 10.6 Å². The molecule has 0 aromatic carbocycles. The van der Waals surface area contributed by atoms with E-state index in [0.717, 1.165) is 13.0 Å². The van der Waals surface area contributed by atoms with Crippen LogP contribution in [0, 0.1) is 5.92 Å². The van der Waals surface area contributed by atoms with Crippen molar-refractivity contribution in [1.29, 1.82) is 0 Å². The van der Waals surface area contributed by atoms with E-state index >= 15 is 0 Å². The lowest BCUT2D eigenvalue weighted by molar-refractivity contribution is -0.139. The molecule has 1 unspecified atom stereocenters. The summed E-state index contributed by atoms with van der Waals surface area (Å²) in [4.78, 5) is 22.6. The predicted octanol–water partition coefficient (Wildman–Crippen LogP) is 1.53. The maximum Gasteiger partial charge on any atom is 0.320 e. The number of hydrogen-bond acceptors (Lipinski definition) is 3. The number of carbonyl (C=O) groups excluding carboxylic acids is 1. The summed E-state index contributed by atoms with van der Waals surface area (Å²) in [5, 5.41) is 14.6. The van der Waals surface area contributed by atoms with Gasteiger partial charge in [-0.05, 0) is 25.2 Å². The van der Waals surface area contributed by atoms with E-state index in [0.29, 0.717) is 12.3 Å². The minimum Gasteiger partial charge on any atom is -0.480 e. The Bertz CT molecular complexity index is 288. The van der Waals surface area contributed by atoms with Crippen molar-refractivity contribution in [1.82, 2.24) is 10.6 Å². The highest BCUT2D eigenvalue weighted by atomic mass is 16.4. The number of carboxylic acid groups (broad SMARTS) is 1. The number of aliphatic carboxylic acids is 1. The third-order valence-electron chi connectivity index (χ3n) is 3.70. The molecule has 0 aliphatic heterocycles. The molecule has 1 fully saturated rings. The molecule has 19 heavy (non-hydrogen) atoms. The van der Waals surface area contributed by atoms with Crippen molar-refractivity contribution in [3.63, 3.8) is 0 Å². The Morgan fingerprint density at radius 1 is 1.26 bits per heavy atom. The largest absolute Gasteiger partial charge is 0.480 e. The summed E-state index contributed by atoms with van der Waals surface area (Å²) >= 11 is 0. The Morgan fingerprint density at radius 3 is 2.53 bits per heavy atom. The molecule has 1 rings (SSSR count). The van der Waals surface area contributed by atoms with Crippen molar-refractivity contribution in [2.45, 2.75) is 57.9 Å². The van der Waals surface area contributed by atoms with Gasteiger partial charge in [0.25, 0.3) is 0 Å². The number of carboxylic acids is 1. The number of rotatable bonds is 8. The number of hydrogen-bond donors (Lipinski definition) is 3. The van der Waals surface area contributed by atoms with Crippen LogP contribution in [-0.4, -0.2) is 36.1 Å². The zero-order valence-corrected chi connectivity index (χ0v) is 11.8. The molecule has 1 amide bonds. The normalized spacial score (nSPS) is 17.9. The van der Waals surface area contributed by atoms with E-state index in [1.54, 1.807) is 0 Å². The van der Waals surface area contributed by atoms with Crippen molar-refractivity contribution in [2.24, 2.45) is 5.92 Å². The zero-order valence-electron chi connectivity index (χ0n) is 11.8.